The van der Waals surface area contributed by atoms with Gasteiger partial charge >= 0.3 is 0 Å². The van der Waals surface area contributed by atoms with E-state index < -0.39 is 5.54 Å². The normalized spacial score (nSPS) is 15.9. The Morgan fingerprint density at radius 1 is 1.47 bits per heavy atom. The lowest BCUT2D eigenvalue weighted by Crippen LogP contribution is -2.30. The van der Waals surface area contributed by atoms with Crippen LogP contribution in [0, 0.1) is 0 Å². The molecule has 19 heavy (non-hydrogen) atoms. The number of thioether (sulfide) groups is 1. The summed E-state index contributed by atoms with van der Waals surface area (Å²) in [5.74, 6) is 1.57. The van der Waals surface area contributed by atoms with Crippen molar-refractivity contribution in [3.05, 3.63) is 11.7 Å². The summed E-state index contributed by atoms with van der Waals surface area (Å²) >= 11 is 1.49. The fourth-order valence-corrected chi connectivity index (χ4v) is 2.31. The molecular formula is C10H15N7OS. The van der Waals surface area contributed by atoms with E-state index in [1.807, 2.05) is 18.5 Å². The highest BCUT2D eigenvalue weighted by atomic mass is 32.2. The number of hydrogen-bond acceptors (Lipinski definition) is 8. The lowest BCUT2D eigenvalue weighted by Gasteiger charge is -2.11. The van der Waals surface area contributed by atoms with Gasteiger partial charge in [-0.25, -0.2) is 4.68 Å². The number of rotatable bonds is 5. The van der Waals surface area contributed by atoms with Crippen LogP contribution in [0.2, 0.25) is 0 Å². The predicted molar refractivity (Wildman–Crippen MR) is 67.2 cm³/mol. The average molecular weight is 281 g/mol. The Hall–Kier alpha value is -1.48. The van der Waals surface area contributed by atoms with Gasteiger partial charge in [-0.3, -0.25) is 0 Å². The standard InChI is InChI=1S/C10H15N7OS/c1-10(2,11)8-12-7(18-14-8)5-19-9-13-15-16-17(9)6-3-4-6/h6H,3-5,11H2,1-2H3. The first kappa shape index (κ1) is 12.5. The molecule has 0 atom stereocenters. The first-order valence-electron chi connectivity index (χ1n) is 6.06. The highest BCUT2D eigenvalue weighted by molar-refractivity contribution is 7.98. The molecule has 0 aliphatic heterocycles. The quantitative estimate of drug-likeness (QED) is 0.804. The van der Waals surface area contributed by atoms with Crippen LogP contribution in [-0.4, -0.2) is 30.3 Å². The van der Waals surface area contributed by atoms with Crippen LogP contribution in [-0.2, 0) is 11.3 Å². The third-order valence-electron chi connectivity index (χ3n) is 2.72. The van der Waals surface area contributed by atoms with Crippen molar-refractivity contribution in [2.45, 2.75) is 49.2 Å². The molecule has 0 aromatic carbocycles. The van der Waals surface area contributed by atoms with Gasteiger partial charge in [-0.1, -0.05) is 16.9 Å². The van der Waals surface area contributed by atoms with Gasteiger partial charge in [0, 0.05) is 0 Å². The van der Waals surface area contributed by atoms with Crippen LogP contribution >= 0.6 is 11.8 Å². The van der Waals surface area contributed by atoms with Gasteiger partial charge in [0.05, 0.1) is 17.3 Å². The summed E-state index contributed by atoms with van der Waals surface area (Å²) in [5, 5.41) is 16.3. The van der Waals surface area contributed by atoms with Crippen LogP contribution in [0.25, 0.3) is 0 Å². The van der Waals surface area contributed by atoms with Gasteiger partial charge in [0.1, 0.15) is 0 Å². The van der Waals surface area contributed by atoms with E-state index in [1.54, 1.807) is 0 Å². The number of nitrogens with zero attached hydrogens (tertiary/aromatic N) is 6. The van der Waals surface area contributed by atoms with Crippen molar-refractivity contribution in [2.24, 2.45) is 5.73 Å². The first-order valence-corrected chi connectivity index (χ1v) is 7.05. The molecule has 3 rings (SSSR count). The summed E-state index contributed by atoms with van der Waals surface area (Å²) in [6.45, 7) is 3.67. The molecule has 9 heteroatoms. The Bertz CT molecular complexity index is 568. The number of tetrazole rings is 1. The molecule has 2 aromatic rings. The van der Waals surface area contributed by atoms with E-state index in [2.05, 4.69) is 25.7 Å². The van der Waals surface area contributed by atoms with Gasteiger partial charge in [0.25, 0.3) is 0 Å². The second-order valence-electron chi connectivity index (χ2n) is 5.16. The van der Waals surface area contributed by atoms with E-state index in [4.69, 9.17) is 10.3 Å². The van der Waals surface area contributed by atoms with Crippen molar-refractivity contribution in [3.8, 4) is 0 Å². The Morgan fingerprint density at radius 2 is 2.26 bits per heavy atom. The Balaban J connectivity index is 1.65. The van der Waals surface area contributed by atoms with Crippen LogP contribution in [0.4, 0.5) is 0 Å². The molecule has 102 valence electrons. The second-order valence-corrected chi connectivity index (χ2v) is 6.10. The zero-order valence-electron chi connectivity index (χ0n) is 10.8. The van der Waals surface area contributed by atoms with Crippen LogP contribution < -0.4 is 5.73 Å². The molecule has 1 aliphatic carbocycles. The van der Waals surface area contributed by atoms with Crippen LogP contribution in [0.3, 0.4) is 0 Å². The third kappa shape index (κ3) is 2.76. The molecule has 0 radical (unpaired) electrons. The van der Waals surface area contributed by atoms with Crippen molar-refractivity contribution in [2.75, 3.05) is 0 Å². The summed E-state index contributed by atoms with van der Waals surface area (Å²) in [7, 11) is 0. The van der Waals surface area contributed by atoms with E-state index in [-0.39, 0.29) is 0 Å². The molecule has 2 aromatic heterocycles. The minimum atomic E-state index is -0.595. The molecule has 0 saturated heterocycles. The predicted octanol–water partition coefficient (Wildman–Crippen LogP) is 0.877. The van der Waals surface area contributed by atoms with Crippen molar-refractivity contribution < 1.29 is 4.52 Å². The zero-order valence-corrected chi connectivity index (χ0v) is 11.6. The molecule has 0 unspecified atom stereocenters. The monoisotopic (exact) mass is 281 g/mol. The molecule has 1 aliphatic rings. The third-order valence-corrected chi connectivity index (χ3v) is 3.64. The topological polar surface area (TPSA) is 109 Å². The first-order chi connectivity index (χ1) is 9.04. The molecule has 2 N–H and O–H groups in total. The largest absolute Gasteiger partial charge is 0.338 e. The molecule has 1 fully saturated rings. The van der Waals surface area contributed by atoms with Crippen LogP contribution in [0.5, 0.6) is 0 Å². The number of nitrogens with two attached hydrogens (primary N) is 1. The molecule has 0 bridgehead atoms. The number of aromatic nitrogens is 6. The summed E-state index contributed by atoms with van der Waals surface area (Å²) in [4.78, 5) is 4.27. The van der Waals surface area contributed by atoms with E-state index >= 15 is 0 Å². The Kier molecular flexibility index (Phi) is 3.02. The summed E-state index contributed by atoms with van der Waals surface area (Å²) in [6, 6.07) is 0.457. The van der Waals surface area contributed by atoms with E-state index in [1.165, 1.54) is 11.8 Å². The minimum Gasteiger partial charge on any atom is -0.338 e. The highest BCUT2D eigenvalue weighted by Crippen LogP contribution is 2.36. The maximum atomic E-state index is 5.90. The van der Waals surface area contributed by atoms with Crippen LogP contribution in [0.15, 0.2) is 9.68 Å². The minimum absolute atomic E-state index is 0.457. The van der Waals surface area contributed by atoms with E-state index in [0.717, 1.165) is 18.0 Å². The van der Waals surface area contributed by atoms with Gasteiger partial charge < -0.3 is 10.3 Å². The molecule has 1 saturated carbocycles. The van der Waals surface area contributed by atoms with Crippen molar-refractivity contribution in [3.63, 3.8) is 0 Å². The smallest absolute Gasteiger partial charge is 0.237 e. The molecule has 0 amide bonds. The van der Waals surface area contributed by atoms with Crippen molar-refractivity contribution >= 4 is 11.8 Å². The second kappa shape index (κ2) is 4.57. The average Bonchev–Trinajstić information content (AvgIpc) is 2.91. The maximum absolute atomic E-state index is 5.90. The maximum Gasteiger partial charge on any atom is 0.237 e. The number of hydrogen-bond donors (Lipinski definition) is 1. The van der Waals surface area contributed by atoms with Crippen LogP contribution in [0.1, 0.15) is 44.4 Å². The van der Waals surface area contributed by atoms with Gasteiger partial charge in [-0.2, -0.15) is 4.98 Å². The lowest BCUT2D eigenvalue weighted by molar-refractivity contribution is 0.369. The highest BCUT2D eigenvalue weighted by Gasteiger charge is 2.28. The SMILES string of the molecule is CC(C)(N)c1noc(CSc2nnnn2C2CC2)n1. The molecule has 2 heterocycles. The molecular weight excluding hydrogens is 266 g/mol. The Morgan fingerprint density at radius 3 is 2.89 bits per heavy atom. The lowest BCUT2D eigenvalue weighted by atomic mass is 10.1. The fraction of sp³-hybridized carbons (Fsp3) is 0.700. The van der Waals surface area contributed by atoms with Crippen molar-refractivity contribution in [1.29, 1.82) is 0 Å². The van der Waals surface area contributed by atoms with Crippen molar-refractivity contribution in [1.82, 2.24) is 30.3 Å². The van der Waals surface area contributed by atoms with Gasteiger partial charge in [-0.05, 0) is 37.1 Å². The zero-order chi connectivity index (χ0) is 13.5. The molecule has 8 nitrogen and oxygen atoms in total. The molecule has 0 spiro atoms. The summed E-state index contributed by atoms with van der Waals surface area (Å²) in [6.07, 6.45) is 2.29. The fourth-order valence-electron chi connectivity index (χ4n) is 1.53. The van der Waals surface area contributed by atoms with Gasteiger partial charge in [0.15, 0.2) is 5.82 Å². The van der Waals surface area contributed by atoms with Gasteiger partial charge in [-0.15, -0.1) is 5.10 Å². The van der Waals surface area contributed by atoms with E-state index in [9.17, 15) is 0 Å². The van der Waals surface area contributed by atoms with E-state index in [0.29, 0.717) is 23.5 Å². The summed E-state index contributed by atoms with van der Waals surface area (Å²) in [5.41, 5.74) is 5.31. The Labute approximate surface area is 114 Å². The summed E-state index contributed by atoms with van der Waals surface area (Å²) < 4.78 is 7.02. The van der Waals surface area contributed by atoms with Gasteiger partial charge in [0.2, 0.25) is 11.0 Å².